The molecular weight excluding hydrogens is 375 g/mol. The first-order chi connectivity index (χ1) is 13.7. The van der Waals surface area contributed by atoms with Gasteiger partial charge in [-0.3, -0.25) is 4.90 Å². The van der Waals surface area contributed by atoms with Gasteiger partial charge in [0.05, 0.1) is 17.2 Å². The average Bonchev–Trinajstić information content (AvgIpc) is 3.06. The number of hydrogen-bond donors (Lipinski definition) is 0. The summed E-state index contributed by atoms with van der Waals surface area (Å²) >= 11 is 6.02. The van der Waals surface area contributed by atoms with E-state index in [0.29, 0.717) is 6.04 Å². The Hall–Kier alpha value is -1.98. The molecule has 0 saturated carbocycles. The lowest BCUT2D eigenvalue weighted by Gasteiger charge is -2.39. The van der Waals surface area contributed by atoms with Gasteiger partial charge in [-0.25, -0.2) is 14.4 Å². The molecule has 1 saturated heterocycles. The number of alkyl halides is 1. The van der Waals surface area contributed by atoms with Gasteiger partial charge in [0, 0.05) is 41.8 Å². The Labute approximate surface area is 169 Å². The minimum atomic E-state index is -0.616. The van der Waals surface area contributed by atoms with Crippen LogP contribution in [-0.4, -0.2) is 32.5 Å². The van der Waals surface area contributed by atoms with E-state index in [1.807, 2.05) is 18.3 Å². The van der Waals surface area contributed by atoms with Gasteiger partial charge < -0.3 is 4.57 Å². The summed E-state index contributed by atoms with van der Waals surface area (Å²) in [7, 11) is 0. The molecule has 4 heterocycles. The van der Waals surface area contributed by atoms with Crippen molar-refractivity contribution < 1.29 is 4.39 Å². The minimum Gasteiger partial charge on any atom is -0.341 e. The summed E-state index contributed by atoms with van der Waals surface area (Å²) in [5, 5.41) is 0.761. The zero-order chi connectivity index (χ0) is 19.1. The van der Waals surface area contributed by atoms with Crippen molar-refractivity contribution in [2.45, 2.75) is 51.4 Å². The smallest absolute Gasteiger partial charge is 0.160 e. The second kappa shape index (κ2) is 7.45. The van der Waals surface area contributed by atoms with Crippen LogP contribution < -0.4 is 0 Å². The Kier molecular flexibility index (Phi) is 4.81. The summed E-state index contributed by atoms with van der Waals surface area (Å²) in [6.45, 7) is 2.51. The van der Waals surface area contributed by atoms with Crippen molar-refractivity contribution in [2.75, 3.05) is 13.1 Å². The zero-order valence-electron chi connectivity index (χ0n) is 15.9. The summed E-state index contributed by atoms with van der Waals surface area (Å²) in [6, 6.07) is 8.47. The van der Waals surface area contributed by atoms with Gasteiger partial charge in [-0.05, 0) is 43.5 Å². The van der Waals surface area contributed by atoms with Crippen molar-refractivity contribution in [3.63, 3.8) is 0 Å². The summed E-state index contributed by atoms with van der Waals surface area (Å²) < 4.78 is 15.7. The van der Waals surface area contributed by atoms with E-state index in [-0.39, 0.29) is 5.82 Å². The third-order valence-corrected chi connectivity index (χ3v) is 6.49. The standard InChI is InChI=1S/C22H24ClFN4/c23-16-6-4-15(5-7-16)8-12-28-18-9-11-27-10-2-1-3-17(27)21(18)22-19(28)14-25-20(13-24)26-22/h4-7,14,17H,1-3,8-13H2. The molecule has 1 aromatic carbocycles. The van der Waals surface area contributed by atoms with Gasteiger partial charge in [-0.1, -0.05) is 30.2 Å². The van der Waals surface area contributed by atoms with Crippen molar-refractivity contribution in [2.24, 2.45) is 0 Å². The topological polar surface area (TPSA) is 34.0 Å². The molecule has 2 aromatic heterocycles. The first-order valence-electron chi connectivity index (χ1n) is 10.2. The second-order valence-corrected chi connectivity index (χ2v) is 8.28. The van der Waals surface area contributed by atoms with Gasteiger partial charge in [0.2, 0.25) is 0 Å². The number of aryl methyl sites for hydroxylation is 2. The van der Waals surface area contributed by atoms with Crippen LogP contribution in [0.15, 0.2) is 30.5 Å². The van der Waals surface area contributed by atoms with Crippen LogP contribution in [0, 0.1) is 0 Å². The van der Waals surface area contributed by atoms with E-state index in [4.69, 9.17) is 11.6 Å². The molecule has 2 aliphatic heterocycles. The molecule has 146 valence electrons. The molecular formula is C22H24ClFN4. The van der Waals surface area contributed by atoms with E-state index in [1.165, 1.54) is 29.7 Å². The summed E-state index contributed by atoms with van der Waals surface area (Å²) in [5.41, 5.74) is 5.97. The van der Waals surface area contributed by atoms with Gasteiger partial charge in [0.15, 0.2) is 5.82 Å². The van der Waals surface area contributed by atoms with Crippen LogP contribution in [0.25, 0.3) is 11.0 Å². The lowest BCUT2D eigenvalue weighted by Crippen LogP contribution is -2.39. The number of halogens is 2. The fourth-order valence-electron chi connectivity index (χ4n) is 4.90. The number of rotatable bonds is 4. The Morgan fingerprint density at radius 3 is 2.82 bits per heavy atom. The summed E-state index contributed by atoms with van der Waals surface area (Å²) in [6.07, 6.45) is 7.45. The summed E-state index contributed by atoms with van der Waals surface area (Å²) in [4.78, 5) is 11.5. The Bertz CT molecular complexity index is 998. The SMILES string of the molecule is FCc1ncc2c(n1)c1c(n2CCc2ccc(Cl)cc2)CCN2CCCCC12. The van der Waals surface area contributed by atoms with Gasteiger partial charge in [0.1, 0.15) is 6.67 Å². The highest BCUT2D eigenvalue weighted by molar-refractivity contribution is 6.30. The first kappa shape index (κ1) is 18.1. The highest BCUT2D eigenvalue weighted by Crippen LogP contribution is 2.41. The van der Waals surface area contributed by atoms with Crippen LogP contribution in [0.5, 0.6) is 0 Å². The molecule has 0 spiro atoms. The van der Waals surface area contributed by atoms with Gasteiger partial charge in [0.25, 0.3) is 0 Å². The lowest BCUT2D eigenvalue weighted by atomic mass is 9.90. The Morgan fingerprint density at radius 1 is 1.14 bits per heavy atom. The van der Waals surface area contributed by atoms with E-state index in [2.05, 4.69) is 31.6 Å². The third kappa shape index (κ3) is 3.11. The molecule has 0 radical (unpaired) electrons. The number of nitrogens with zero attached hydrogens (tertiary/aromatic N) is 4. The lowest BCUT2D eigenvalue weighted by molar-refractivity contribution is 0.138. The summed E-state index contributed by atoms with van der Waals surface area (Å²) in [5.74, 6) is 0.290. The van der Waals surface area contributed by atoms with Crippen molar-refractivity contribution >= 4 is 22.6 Å². The van der Waals surface area contributed by atoms with E-state index >= 15 is 0 Å². The molecule has 4 nitrogen and oxygen atoms in total. The molecule has 2 aliphatic rings. The van der Waals surface area contributed by atoms with Gasteiger partial charge >= 0.3 is 0 Å². The van der Waals surface area contributed by atoms with Crippen molar-refractivity contribution in [3.05, 3.63) is 58.1 Å². The predicted molar refractivity (Wildman–Crippen MR) is 109 cm³/mol. The highest BCUT2D eigenvalue weighted by Gasteiger charge is 2.34. The van der Waals surface area contributed by atoms with Crippen molar-refractivity contribution in [3.8, 4) is 0 Å². The van der Waals surface area contributed by atoms with E-state index in [9.17, 15) is 4.39 Å². The van der Waals surface area contributed by atoms with Crippen LogP contribution in [0.1, 0.15) is 47.9 Å². The average molecular weight is 399 g/mol. The number of fused-ring (bicyclic) bond motifs is 5. The molecule has 0 aliphatic carbocycles. The second-order valence-electron chi connectivity index (χ2n) is 7.84. The van der Waals surface area contributed by atoms with Gasteiger partial charge in [-0.2, -0.15) is 0 Å². The maximum atomic E-state index is 13.3. The number of aromatic nitrogens is 3. The largest absolute Gasteiger partial charge is 0.341 e. The molecule has 1 atom stereocenters. The molecule has 0 amide bonds. The van der Waals surface area contributed by atoms with Crippen LogP contribution in [0.3, 0.4) is 0 Å². The van der Waals surface area contributed by atoms with E-state index in [0.717, 1.165) is 55.0 Å². The number of piperidine rings is 1. The third-order valence-electron chi connectivity index (χ3n) is 6.24. The van der Waals surface area contributed by atoms with Gasteiger partial charge in [-0.15, -0.1) is 0 Å². The Balaban J connectivity index is 1.57. The quantitative estimate of drug-likeness (QED) is 0.628. The van der Waals surface area contributed by atoms with Crippen LogP contribution >= 0.6 is 11.6 Å². The zero-order valence-corrected chi connectivity index (χ0v) is 16.6. The number of benzene rings is 1. The monoisotopic (exact) mass is 398 g/mol. The van der Waals surface area contributed by atoms with E-state index in [1.54, 1.807) is 0 Å². The molecule has 28 heavy (non-hydrogen) atoms. The normalized spacial score (nSPS) is 19.6. The maximum absolute atomic E-state index is 13.3. The predicted octanol–water partition coefficient (Wildman–Crippen LogP) is 4.88. The molecule has 1 fully saturated rings. The van der Waals surface area contributed by atoms with E-state index < -0.39 is 6.67 Å². The van der Waals surface area contributed by atoms with Crippen molar-refractivity contribution in [1.82, 2.24) is 19.4 Å². The Morgan fingerprint density at radius 2 is 2.00 bits per heavy atom. The molecule has 5 rings (SSSR count). The number of hydrogen-bond acceptors (Lipinski definition) is 3. The molecule has 3 aromatic rings. The highest BCUT2D eigenvalue weighted by atomic mass is 35.5. The molecule has 6 heteroatoms. The fourth-order valence-corrected chi connectivity index (χ4v) is 5.03. The molecule has 1 unspecified atom stereocenters. The van der Waals surface area contributed by atoms with Crippen LogP contribution in [-0.2, 0) is 26.1 Å². The maximum Gasteiger partial charge on any atom is 0.160 e. The fraction of sp³-hybridized carbons (Fsp3) is 0.455. The molecule has 0 bridgehead atoms. The van der Waals surface area contributed by atoms with Crippen molar-refractivity contribution in [1.29, 1.82) is 0 Å². The first-order valence-corrected chi connectivity index (χ1v) is 10.5. The minimum absolute atomic E-state index is 0.290. The molecule has 0 N–H and O–H groups in total. The van der Waals surface area contributed by atoms with Crippen LogP contribution in [0.2, 0.25) is 5.02 Å². The van der Waals surface area contributed by atoms with Crippen LogP contribution in [0.4, 0.5) is 4.39 Å².